The lowest BCUT2D eigenvalue weighted by molar-refractivity contribution is -0.104. The lowest BCUT2D eigenvalue weighted by atomic mass is 10.0. The molecule has 20 heavy (non-hydrogen) atoms. The summed E-state index contributed by atoms with van der Waals surface area (Å²) in [6.45, 7) is 0. The number of Topliss-reactive ketones (excluding diaryl/α,β-unsaturated/α-hetero) is 1. The van der Waals surface area contributed by atoms with Gasteiger partial charge in [-0.3, -0.25) is 9.59 Å². The molecule has 0 bridgehead atoms. The number of hydrogen-bond acceptors (Lipinski definition) is 4. The Bertz CT molecular complexity index is 878. The summed E-state index contributed by atoms with van der Waals surface area (Å²) in [7, 11) is 0. The van der Waals surface area contributed by atoms with Crippen LogP contribution in [-0.2, 0) is 4.79 Å². The summed E-state index contributed by atoms with van der Waals surface area (Å²) < 4.78 is 1.33. The van der Waals surface area contributed by atoms with Crippen molar-refractivity contribution in [1.29, 1.82) is 0 Å². The predicted octanol–water partition coefficient (Wildman–Crippen LogP) is 3.69. The minimum Gasteiger partial charge on any atom is -0.294 e. The van der Waals surface area contributed by atoms with E-state index in [2.05, 4.69) is 41.8 Å². The van der Waals surface area contributed by atoms with E-state index in [9.17, 15) is 9.59 Å². The Morgan fingerprint density at radius 3 is 2.35 bits per heavy atom. The van der Waals surface area contributed by atoms with Crippen molar-refractivity contribution in [1.82, 2.24) is 9.97 Å². The number of ketones is 1. The van der Waals surface area contributed by atoms with Crippen LogP contribution in [0, 0.1) is 0 Å². The van der Waals surface area contributed by atoms with Crippen molar-refractivity contribution in [3.05, 3.63) is 45.1 Å². The largest absolute Gasteiger partial charge is 0.294 e. The Balaban J connectivity index is 2.55. The zero-order valence-corrected chi connectivity index (χ0v) is 13.1. The van der Waals surface area contributed by atoms with Gasteiger partial charge in [0.1, 0.15) is 9.21 Å². The van der Waals surface area contributed by atoms with Crippen LogP contribution in [-0.4, -0.2) is 22.0 Å². The Hall–Kier alpha value is -1.66. The molecule has 98 valence electrons. The third-order valence-corrected chi connectivity index (χ3v) is 3.82. The minimum absolute atomic E-state index is 0.314. The fraction of sp³-hybridized carbons (Fsp3) is 0. The van der Waals surface area contributed by atoms with E-state index in [0.29, 0.717) is 37.5 Å². The molecule has 0 saturated heterocycles. The highest BCUT2D eigenvalue weighted by Gasteiger charge is 2.14. The highest BCUT2D eigenvalue weighted by atomic mass is 79.9. The summed E-state index contributed by atoms with van der Waals surface area (Å²) >= 11 is 6.63. The lowest BCUT2D eigenvalue weighted by Gasteiger charge is -2.07. The van der Waals surface area contributed by atoms with E-state index in [4.69, 9.17) is 0 Å². The fourth-order valence-corrected chi connectivity index (χ4v) is 2.70. The summed E-state index contributed by atoms with van der Waals surface area (Å²) in [5.41, 5.74) is 1.60. The topological polar surface area (TPSA) is 59.9 Å². The standard InChI is InChI=1S/C14H6Br2N2O2/c15-11-3-1-7-5-9(10(20)6-19)8-2-4-12(16)18-14(8)13(7)17-11/h1-6H. The van der Waals surface area contributed by atoms with Crippen LogP contribution in [0.15, 0.2) is 39.5 Å². The molecule has 0 aliphatic rings. The van der Waals surface area contributed by atoms with E-state index >= 15 is 0 Å². The Kier molecular flexibility index (Phi) is 3.35. The van der Waals surface area contributed by atoms with Gasteiger partial charge in [-0.2, -0.15) is 0 Å². The predicted molar refractivity (Wildman–Crippen MR) is 82.8 cm³/mol. The molecule has 0 fully saturated rings. The average molecular weight is 394 g/mol. The van der Waals surface area contributed by atoms with Crippen molar-refractivity contribution >= 4 is 65.7 Å². The van der Waals surface area contributed by atoms with Crippen molar-refractivity contribution < 1.29 is 9.59 Å². The number of carbonyl (C=O) groups excluding carboxylic acids is 2. The number of benzene rings is 1. The van der Waals surface area contributed by atoms with E-state index in [-0.39, 0.29) is 0 Å². The molecule has 3 aromatic rings. The number of carbonyl (C=O) groups is 2. The zero-order chi connectivity index (χ0) is 14.3. The van der Waals surface area contributed by atoms with E-state index in [1.54, 1.807) is 24.3 Å². The molecule has 0 radical (unpaired) electrons. The molecular formula is C14H6Br2N2O2. The molecule has 0 amide bonds. The van der Waals surface area contributed by atoms with Crippen molar-refractivity contribution in [2.75, 3.05) is 0 Å². The van der Waals surface area contributed by atoms with Crippen molar-refractivity contribution in [2.45, 2.75) is 0 Å². The molecule has 2 aromatic heterocycles. The van der Waals surface area contributed by atoms with Crippen LogP contribution in [0.1, 0.15) is 10.4 Å². The number of hydrogen-bond donors (Lipinski definition) is 0. The van der Waals surface area contributed by atoms with Gasteiger partial charge in [-0.1, -0.05) is 6.07 Å². The van der Waals surface area contributed by atoms with Gasteiger partial charge in [0.2, 0.25) is 5.78 Å². The summed E-state index contributed by atoms with van der Waals surface area (Å²) in [5, 5.41) is 1.37. The molecule has 2 heterocycles. The minimum atomic E-state index is -0.566. The second-order valence-electron chi connectivity index (χ2n) is 4.14. The molecule has 6 heteroatoms. The zero-order valence-electron chi connectivity index (χ0n) is 9.93. The SMILES string of the molecule is O=CC(=O)c1cc2ccc(Br)nc2c2nc(Br)ccc12. The van der Waals surface area contributed by atoms with Gasteiger partial charge in [-0.15, -0.1) is 0 Å². The number of nitrogens with zero attached hydrogens (tertiary/aromatic N) is 2. The third-order valence-electron chi connectivity index (χ3n) is 2.94. The summed E-state index contributed by atoms with van der Waals surface area (Å²) in [6, 6.07) is 8.76. The first-order chi connectivity index (χ1) is 9.60. The molecule has 0 spiro atoms. The van der Waals surface area contributed by atoms with Gasteiger partial charge < -0.3 is 0 Å². The van der Waals surface area contributed by atoms with E-state index in [0.717, 1.165) is 5.39 Å². The van der Waals surface area contributed by atoms with Gasteiger partial charge in [0.15, 0.2) is 6.29 Å². The number of aromatic nitrogens is 2. The molecule has 0 N–H and O–H groups in total. The number of rotatable bonds is 2. The first-order valence-corrected chi connectivity index (χ1v) is 7.24. The van der Waals surface area contributed by atoms with Crippen molar-refractivity contribution in [3.63, 3.8) is 0 Å². The molecular weight excluding hydrogens is 388 g/mol. The highest BCUT2D eigenvalue weighted by Crippen LogP contribution is 2.28. The number of fused-ring (bicyclic) bond motifs is 3. The van der Waals surface area contributed by atoms with E-state index in [1.807, 2.05) is 6.07 Å². The maximum absolute atomic E-state index is 11.8. The Labute approximate surface area is 130 Å². The van der Waals surface area contributed by atoms with Crippen molar-refractivity contribution in [3.8, 4) is 0 Å². The maximum atomic E-state index is 11.8. The maximum Gasteiger partial charge on any atom is 0.226 e. The van der Waals surface area contributed by atoms with Gasteiger partial charge in [0, 0.05) is 16.3 Å². The quantitative estimate of drug-likeness (QED) is 0.219. The molecule has 3 rings (SSSR count). The third kappa shape index (κ3) is 2.14. The van der Waals surface area contributed by atoms with Crippen molar-refractivity contribution in [2.24, 2.45) is 0 Å². The van der Waals surface area contributed by atoms with Gasteiger partial charge in [-0.25, -0.2) is 9.97 Å². The molecule has 1 aromatic carbocycles. The molecule has 0 unspecified atom stereocenters. The molecule has 0 aliphatic carbocycles. The number of halogens is 2. The van der Waals surface area contributed by atoms with Gasteiger partial charge in [0.05, 0.1) is 11.0 Å². The smallest absolute Gasteiger partial charge is 0.226 e. The van der Waals surface area contributed by atoms with Gasteiger partial charge in [-0.05, 0) is 56.1 Å². The number of aldehydes is 1. The molecule has 4 nitrogen and oxygen atoms in total. The average Bonchev–Trinajstić information content (AvgIpc) is 2.45. The summed E-state index contributed by atoms with van der Waals surface area (Å²) in [5.74, 6) is -0.566. The van der Waals surface area contributed by atoms with E-state index in [1.165, 1.54) is 0 Å². The molecule has 0 atom stereocenters. The van der Waals surface area contributed by atoms with Gasteiger partial charge >= 0.3 is 0 Å². The molecule has 0 aliphatic heterocycles. The fourth-order valence-electron chi connectivity index (χ4n) is 2.09. The van der Waals surface area contributed by atoms with E-state index < -0.39 is 5.78 Å². The normalized spacial score (nSPS) is 10.9. The van der Waals surface area contributed by atoms with Crippen LogP contribution in [0.2, 0.25) is 0 Å². The lowest BCUT2D eigenvalue weighted by Crippen LogP contribution is -2.02. The van der Waals surface area contributed by atoms with Crippen LogP contribution in [0.4, 0.5) is 0 Å². The second kappa shape index (κ2) is 5.03. The van der Waals surface area contributed by atoms with Gasteiger partial charge in [0.25, 0.3) is 0 Å². The van der Waals surface area contributed by atoms with Crippen LogP contribution in [0.25, 0.3) is 21.8 Å². The van der Waals surface area contributed by atoms with Crippen LogP contribution in [0.3, 0.4) is 0 Å². The summed E-state index contributed by atoms with van der Waals surface area (Å²) in [4.78, 5) is 31.4. The second-order valence-corrected chi connectivity index (χ2v) is 5.77. The van der Waals surface area contributed by atoms with Crippen LogP contribution < -0.4 is 0 Å². The monoisotopic (exact) mass is 392 g/mol. The Morgan fingerprint density at radius 1 is 1.00 bits per heavy atom. The highest BCUT2D eigenvalue weighted by molar-refractivity contribution is 9.10. The van der Waals surface area contributed by atoms with Crippen LogP contribution >= 0.6 is 31.9 Å². The number of pyridine rings is 2. The summed E-state index contributed by atoms with van der Waals surface area (Å²) in [6.07, 6.45) is 0.314. The first-order valence-electron chi connectivity index (χ1n) is 5.65. The molecule has 0 saturated carbocycles. The van der Waals surface area contributed by atoms with Crippen LogP contribution in [0.5, 0.6) is 0 Å². The Morgan fingerprint density at radius 2 is 1.65 bits per heavy atom. The first kappa shape index (κ1) is 13.3.